The van der Waals surface area contributed by atoms with Crippen LogP contribution in [0.15, 0.2) is 87.3 Å². The molecule has 2 N–H and O–H groups in total. The lowest BCUT2D eigenvalue weighted by molar-refractivity contribution is 0.409. The molecule has 0 aliphatic heterocycles. The van der Waals surface area contributed by atoms with Gasteiger partial charge in [0.25, 0.3) is 0 Å². The summed E-state index contributed by atoms with van der Waals surface area (Å²) in [6.45, 7) is 2.18. The third kappa shape index (κ3) is 4.56. The minimum atomic E-state index is -3.90. The van der Waals surface area contributed by atoms with E-state index in [2.05, 4.69) is 9.97 Å². The molecule has 0 aliphatic rings. The monoisotopic (exact) mass is 449 g/mol. The van der Waals surface area contributed by atoms with Gasteiger partial charge in [0.05, 0.1) is 15.9 Å². The Labute approximate surface area is 185 Å². The first kappa shape index (κ1) is 21.7. The van der Waals surface area contributed by atoms with Crippen molar-refractivity contribution in [2.45, 2.75) is 24.8 Å². The second-order valence-corrected chi connectivity index (χ2v) is 9.54. The summed E-state index contributed by atoms with van der Waals surface area (Å²) in [6.07, 6.45) is 0.559. The van der Waals surface area contributed by atoms with Crippen LogP contribution in [-0.4, -0.2) is 29.2 Å². The van der Waals surface area contributed by atoms with Gasteiger partial charge in [-0.05, 0) is 42.2 Å². The third-order valence-electron chi connectivity index (χ3n) is 5.33. The summed E-state index contributed by atoms with van der Waals surface area (Å²) >= 11 is 0. The van der Waals surface area contributed by atoms with E-state index >= 15 is 0 Å². The molecule has 0 spiro atoms. The molecule has 0 amide bonds. The average molecular weight is 450 g/mol. The van der Waals surface area contributed by atoms with E-state index in [9.17, 15) is 18.0 Å². The van der Waals surface area contributed by atoms with Gasteiger partial charge in [0, 0.05) is 13.1 Å². The molecule has 4 aromatic rings. The smallest absolute Gasteiger partial charge is 0.314 e. The first-order valence-corrected chi connectivity index (χ1v) is 11.6. The zero-order chi connectivity index (χ0) is 22.7. The SMILES string of the molecule is Cc1cc2[nH]c(=O)c(=O)[nH]c2cc1S(=O)(=O)N(CCc1ccccc1)Cc1ccccc1. The molecule has 8 heteroatoms. The Kier molecular flexibility index (Phi) is 6.07. The van der Waals surface area contributed by atoms with Crippen LogP contribution in [0, 0.1) is 6.92 Å². The lowest BCUT2D eigenvalue weighted by Crippen LogP contribution is -2.33. The summed E-state index contributed by atoms with van der Waals surface area (Å²) < 4.78 is 28.9. The van der Waals surface area contributed by atoms with Crippen molar-refractivity contribution in [3.8, 4) is 0 Å². The number of sulfonamides is 1. The highest BCUT2D eigenvalue weighted by molar-refractivity contribution is 7.89. The number of nitrogens with zero attached hydrogens (tertiary/aromatic N) is 1. The highest BCUT2D eigenvalue weighted by atomic mass is 32.2. The number of hydrogen-bond donors (Lipinski definition) is 2. The second-order valence-electron chi connectivity index (χ2n) is 7.63. The number of aryl methyl sites for hydroxylation is 1. The molecule has 7 nitrogen and oxygen atoms in total. The Morgan fingerprint density at radius 3 is 1.91 bits per heavy atom. The van der Waals surface area contributed by atoms with Crippen LogP contribution < -0.4 is 11.1 Å². The minimum absolute atomic E-state index is 0.0942. The van der Waals surface area contributed by atoms with Gasteiger partial charge in [-0.1, -0.05) is 60.7 Å². The molecule has 0 radical (unpaired) electrons. The molecule has 0 saturated carbocycles. The van der Waals surface area contributed by atoms with Crippen molar-refractivity contribution in [1.82, 2.24) is 14.3 Å². The van der Waals surface area contributed by atoms with Crippen molar-refractivity contribution in [2.75, 3.05) is 6.54 Å². The molecule has 0 bridgehead atoms. The molecule has 1 aromatic heterocycles. The first-order chi connectivity index (χ1) is 15.3. The zero-order valence-electron chi connectivity index (χ0n) is 17.5. The molecule has 3 aromatic carbocycles. The Hall–Kier alpha value is -3.49. The number of rotatable bonds is 7. The molecule has 0 unspecified atom stereocenters. The summed E-state index contributed by atoms with van der Waals surface area (Å²) in [6, 6.07) is 22.1. The van der Waals surface area contributed by atoms with E-state index in [0.29, 0.717) is 24.0 Å². The van der Waals surface area contributed by atoms with Gasteiger partial charge in [-0.15, -0.1) is 0 Å². The maximum absolute atomic E-state index is 13.7. The highest BCUT2D eigenvalue weighted by Gasteiger charge is 2.27. The molecular formula is C24H23N3O4S. The largest absolute Gasteiger partial charge is 0.316 e. The van der Waals surface area contributed by atoms with Crippen molar-refractivity contribution >= 4 is 21.1 Å². The van der Waals surface area contributed by atoms with E-state index in [0.717, 1.165) is 11.1 Å². The number of aromatic amines is 2. The van der Waals surface area contributed by atoms with Gasteiger partial charge in [-0.3, -0.25) is 9.59 Å². The van der Waals surface area contributed by atoms with E-state index in [1.54, 1.807) is 13.0 Å². The van der Waals surface area contributed by atoms with Gasteiger partial charge < -0.3 is 9.97 Å². The van der Waals surface area contributed by atoms with E-state index in [4.69, 9.17) is 0 Å². The number of nitrogens with one attached hydrogen (secondary N) is 2. The maximum atomic E-state index is 13.7. The molecule has 1 heterocycles. The molecule has 32 heavy (non-hydrogen) atoms. The third-order valence-corrected chi connectivity index (χ3v) is 7.32. The Balaban J connectivity index is 1.76. The summed E-state index contributed by atoms with van der Waals surface area (Å²) in [5, 5.41) is 0. The van der Waals surface area contributed by atoms with Gasteiger partial charge >= 0.3 is 11.1 Å². The van der Waals surface area contributed by atoms with Gasteiger partial charge in [0.2, 0.25) is 10.0 Å². The highest BCUT2D eigenvalue weighted by Crippen LogP contribution is 2.25. The zero-order valence-corrected chi connectivity index (χ0v) is 18.4. The van der Waals surface area contributed by atoms with Crippen LogP contribution in [0.25, 0.3) is 11.0 Å². The Morgan fingerprint density at radius 2 is 1.31 bits per heavy atom. The first-order valence-electron chi connectivity index (χ1n) is 10.2. The maximum Gasteiger partial charge on any atom is 0.314 e. The van der Waals surface area contributed by atoms with Gasteiger partial charge in [-0.25, -0.2) is 8.42 Å². The van der Waals surface area contributed by atoms with Gasteiger partial charge in [0.1, 0.15) is 0 Å². The van der Waals surface area contributed by atoms with Crippen LogP contribution in [0.1, 0.15) is 16.7 Å². The van der Waals surface area contributed by atoms with Gasteiger partial charge in [-0.2, -0.15) is 4.31 Å². The summed E-state index contributed by atoms with van der Waals surface area (Å²) in [5.41, 5.74) is 1.44. The van der Waals surface area contributed by atoms with Crippen molar-refractivity contribution in [1.29, 1.82) is 0 Å². The molecule has 164 valence electrons. The van der Waals surface area contributed by atoms with E-state index in [1.807, 2.05) is 60.7 Å². The van der Waals surface area contributed by atoms with Crippen LogP contribution in [0.4, 0.5) is 0 Å². The molecular weight excluding hydrogens is 426 g/mol. The van der Waals surface area contributed by atoms with Crippen LogP contribution in [-0.2, 0) is 23.0 Å². The molecule has 0 fully saturated rings. The fourth-order valence-corrected chi connectivity index (χ4v) is 5.30. The molecule has 0 saturated heterocycles. The van der Waals surface area contributed by atoms with Crippen LogP contribution >= 0.6 is 0 Å². The fraction of sp³-hybridized carbons (Fsp3) is 0.167. The lowest BCUT2D eigenvalue weighted by atomic mass is 10.1. The minimum Gasteiger partial charge on any atom is -0.316 e. The standard InChI is InChI=1S/C24H23N3O4S/c1-17-14-20-21(26-24(29)23(28)25-20)15-22(17)32(30,31)27(16-19-10-6-3-7-11-19)13-12-18-8-4-2-5-9-18/h2-11,14-15H,12-13,16H2,1H3,(H,25,28)(H,26,29). The average Bonchev–Trinajstić information content (AvgIpc) is 2.78. The van der Waals surface area contributed by atoms with Crippen LogP contribution in [0.2, 0.25) is 0 Å². The number of H-pyrrole nitrogens is 2. The Morgan fingerprint density at radius 1 is 0.781 bits per heavy atom. The Bertz CT molecular complexity index is 1460. The quantitative estimate of drug-likeness (QED) is 0.423. The predicted octanol–water partition coefficient (Wildman–Crippen LogP) is 2.96. The number of benzene rings is 3. The number of hydrogen-bond acceptors (Lipinski definition) is 4. The van der Waals surface area contributed by atoms with E-state index in [-0.39, 0.29) is 17.0 Å². The lowest BCUT2D eigenvalue weighted by Gasteiger charge is -2.23. The number of aromatic nitrogens is 2. The van der Waals surface area contributed by atoms with Gasteiger partial charge in [0.15, 0.2) is 0 Å². The normalized spacial score (nSPS) is 11.8. The molecule has 0 aliphatic carbocycles. The summed E-state index contributed by atoms with van der Waals surface area (Å²) in [4.78, 5) is 28.4. The number of fused-ring (bicyclic) bond motifs is 1. The molecule has 4 rings (SSSR count). The summed E-state index contributed by atoms with van der Waals surface area (Å²) in [5.74, 6) is 0. The van der Waals surface area contributed by atoms with Crippen LogP contribution in [0.5, 0.6) is 0 Å². The predicted molar refractivity (Wildman–Crippen MR) is 124 cm³/mol. The fourth-order valence-electron chi connectivity index (χ4n) is 3.64. The molecule has 0 atom stereocenters. The summed E-state index contributed by atoms with van der Waals surface area (Å²) in [7, 11) is -3.90. The van der Waals surface area contributed by atoms with Crippen molar-refractivity contribution in [2.24, 2.45) is 0 Å². The second kappa shape index (κ2) is 8.94. The van der Waals surface area contributed by atoms with Crippen molar-refractivity contribution < 1.29 is 8.42 Å². The van der Waals surface area contributed by atoms with Crippen LogP contribution in [0.3, 0.4) is 0 Å². The van der Waals surface area contributed by atoms with E-state index in [1.165, 1.54) is 10.4 Å². The van der Waals surface area contributed by atoms with Crippen molar-refractivity contribution in [3.63, 3.8) is 0 Å². The van der Waals surface area contributed by atoms with E-state index < -0.39 is 21.1 Å². The topological polar surface area (TPSA) is 103 Å². The van der Waals surface area contributed by atoms with Crippen molar-refractivity contribution in [3.05, 3.63) is 110 Å².